The van der Waals surface area contributed by atoms with Crippen LogP contribution in [0.5, 0.6) is 0 Å². The van der Waals surface area contributed by atoms with Crippen LogP contribution >= 0.6 is 11.6 Å². The van der Waals surface area contributed by atoms with Crippen LogP contribution in [0.3, 0.4) is 0 Å². The molecule has 1 atom stereocenters. The monoisotopic (exact) mass is 263 g/mol. The van der Waals surface area contributed by atoms with Gasteiger partial charge in [-0.05, 0) is 44.5 Å². The van der Waals surface area contributed by atoms with Crippen LogP contribution in [0.4, 0.5) is 0 Å². The number of nitrogens with one attached hydrogen (secondary N) is 1. The zero-order valence-electron chi connectivity index (χ0n) is 10.6. The molecule has 0 aliphatic carbocycles. The van der Waals surface area contributed by atoms with Crippen LogP contribution in [0.25, 0.3) is 11.0 Å². The van der Waals surface area contributed by atoms with Gasteiger partial charge in [0.2, 0.25) is 0 Å². The van der Waals surface area contributed by atoms with Crippen molar-refractivity contribution >= 4 is 22.6 Å². The third-order valence-electron chi connectivity index (χ3n) is 3.68. The summed E-state index contributed by atoms with van der Waals surface area (Å²) in [5.74, 6) is 1.16. The molecule has 0 radical (unpaired) electrons. The van der Waals surface area contributed by atoms with Gasteiger partial charge in [0.1, 0.15) is 5.82 Å². The number of fused-ring (bicyclic) bond motifs is 1. The Hall–Kier alpha value is -1.06. The molecule has 1 aromatic carbocycles. The quantitative estimate of drug-likeness (QED) is 0.898. The number of aromatic nitrogens is 2. The second-order valence-corrected chi connectivity index (χ2v) is 5.29. The number of rotatable bonds is 2. The van der Waals surface area contributed by atoms with Crippen LogP contribution in [-0.2, 0) is 6.54 Å². The molecule has 1 unspecified atom stereocenters. The highest BCUT2D eigenvalue weighted by atomic mass is 35.5. The average Bonchev–Trinajstić information content (AvgIpc) is 2.77. The van der Waals surface area contributed by atoms with Crippen molar-refractivity contribution in [2.45, 2.75) is 38.8 Å². The zero-order valence-corrected chi connectivity index (χ0v) is 11.4. The maximum absolute atomic E-state index is 6.09. The van der Waals surface area contributed by atoms with Gasteiger partial charge in [0, 0.05) is 11.6 Å². The molecule has 3 nitrogen and oxygen atoms in total. The van der Waals surface area contributed by atoms with E-state index in [9.17, 15) is 0 Å². The van der Waals surface area contributed by atoms with Gasteiger partial charge in [-0.3, -0.25) is 0 Å². The fourth-order valence-electron chi connectivity index (χ4n) is 2.79. The maximum Gasteiger partial charge on any atom is 0.127 e. The van der Waals surface area contributed by atoms with Crippen molar-refractivity contribution in [3.63, 3.8) is 0 Å². The van der Waals surface area contributed by atoms with Gasteiger partial charge in [-0.2, -0.15) is 0 Å². The third kappa shape index (κ3) is 2.02. The molecule has 0 spiro atoms. The topological polar surface area (TPSA) is 29.9 Å². The Bertz CT molecular complexity index is 555. The van der Waals surface area contributed by atoms with Gasteiger partial charge < -0.3 is 9.88 Å². The molecule has 1 fully saturated rings. The second kappa shape index (κ2) is 4.90. The molecule has 1 aliphatic rings. The standard InChI is InChI=1S/C14H18ClN3/c1-2-18-13-9-10(15)6-7-11(13)17-14(18)12-5-3-4-8-16-12/h6-7,9,12,16H,2-5,8H2,1H3. The average molecular weight is 264 g/mol. The molecule has 1 N–H and O–H groups in total. The number of imidazole rings is 1. The van der Waals surface area contributed by atoms with E-state index in [1.54, 1.807) is 0 Å². The summed E-state index contributed by atoms with van der Waals surface area (Å²) < 4.78 is 2.28. The van der Waals surface area contributed by atoms with Gasteiger partial charge in [-0.1, -0.05) is 18.0 Å². The van der Waals surface area contributed by atoms with Crippen molar-refractivity contribution in [3.8, 4) is 0 Å². The number of piperidine rings is 1. The summed E-state index contributed by atoms with van der Waals surface area (Å²) in [6, 6.07) is 6.33. The molecule has 4 heteroatoms. The number of halogens is 1. The van der Waals surface area contributed by atoms with Gasteiger partial charge in [0.05, 0.1) is 17.1 Å². The van der Waals surface area contributed by atoms with Gasteiger partial charge >= 0.3 is 0 Å². The molecule has 1 saturated heterocycles. The Morgan fingerprint density at radius 3 is 3.06 bits per heavy atom. The van der Waals surface area contributed by atoms with Crippen molar-refractivity contribution in [1.29, 1.82) is 0 Å². The summed E-state index contributed by atoms with van der Waals surface area (Å²) in [6.07, 6.45) is 3.73. The molecule has 0 saturated carbocycles. The van der Waals surface area contributed by atoms with E-state index in [2.05, 4.69) is 16.8 Å². The number of benzene rings is 1. The Kier molecular flexibility index (Phi) is 3.27. The molecular formula is C14H18ClN3. The first kappa shape index (κ1) is 12.0. The number of nitrogens with zero attached hydrogens (tertiary/aromatic N) is 2. The first-order valence-electron chi connectivity index (χ1n) is 6.68. The lowest BCUT2D eigenvalue weighted by molar-refractivity contribution is 0.388. The molecular weight excluding hydrogens is 246 g/mol. The first-order valence-corrected chi connectivity index (χ1v) is 7.06. The van der Waals surface area contributed by atoms with Crippen LogP contribution < -0.4 is 5.32 Å². The minimum atomic E-state index is 0.393. The Morgan fingerprint density at radius 2 is 2.33 bits per heavy atom. The third-order valence-corrected chi connectivity index (χ3v) is 3.91. The van der Waals surface area contributed by atoms with Crippen LogP contribution in [0.1, 0.15) is 38.1 Å². The van der Waals surface area contributed by atoms with Crippen LogP contribution in [0.2, 0.25) is 5.02 Å². The fourth-order valence-corrected chi connectivity index (χ4v) is 2.95. The SMILES string of the molecule is CCn1c(C2CCCCN2)nc2ccc(Cl)cc21. The molecule has 0 bridgehead atoms. The van der Waals surface area contributed by atoms with Gasteiger partial charge in [0.15, 0.2) is 0 Å². The summed E-state index contributed by atoms with van der Waals surface area (Å²) in [5.41, 5.74) is 2.19. The van der Waals surface area contributed by atoms with Gasteiger partial charge in [0.25, 0.3) is 0 Å². The van der Waals surface area contributed by atoms with E-state index < -0.39 is 0 Å². The summed E-state index contributed by atoms with van der Waals surface area (Å²) in [7, 11) is 0. The smallest absolute Gasteiger partial charge is 0.127 e. The lowest BCUT2D eigenvalue weighted by atomic mass is 10.0. The highest BCUT2D eigenvalue weighted by molar-refractivity contribution is 6.31. The van der Waals surface area contributed by atoms with Gasteiger partial charge in [-0.25, -0.2) is 4.98 Å². The largest absolute Gasteiger partial charge is 0.327 e. The summed E-state index contributed by atoms with van der Waals surface area (Å²) in [4.78, 5) is 4.79. The van der Waals surface area contributed by atoms with E-state index in [-0.39, 0.29) is 0 Å². The molecule has 0 amide bonds. The van der Waals surface area contributed by atoms with Crippen molar-refractivity contribution < 1.29 is 0 Å². The van der Waals surface area contributed by atoms with Crippen molar-refractivity contribution in [2.24, 2.45) is 0 Å². The van der Waals surface area contributed by atoms with E-state index in [1.807, 2.05) is 18.2 Å². The lowest BCUT2D eigenvalue weighted by Crippen LogP contribution is -2.29. The Balaban J connectivity index is 2.10. The summed E-state index contributed by atoms with van der Waals surface area (Å²) in [6.45, 7) is 4.19. The molecule has 18 heavy (non-hydrogen) atoms. The zero-order chi connectivity index (χ0) is 12.5. The lowest BCUT2D eigenvalue weighted by Gasteiger charge is -2.23. The highest BCUT2D eigenvalue weighted by Gasteiger charge is 2.21. The molecule has 3 rings (SSSR count). The van der Waals surface area contributed by atoms with E-state index >= 15 is 0 Å². The van der Waals surface area contributed by atoms with Gasteiger partial charge in [-0.15, -0.1) is 0 Å². The minimum Gasteiger partial charge on any atom is -0.327 e. The second-order valence-electron chi connectivity index (χ2n) is 4.85. The Morgan fingerprint density at radius 1 is 1.44 bits per heavy atom. The molecule has 96 valence electrons. The first-order chi connectivity index (χ1) is 8.79. The maximum atomic E-state index is 6.09. The predicted octanol–water partition coefficient (Wildman–Crippen LogP) is 3.52. The summed E-state index contributed by atoms with van der Waals surface area (Å²) in [5, 5.41) is 4.35. The van der Waals surface area contributed by atoms with Crippen LogP contribution in [0, 0.1) is 0 Å². The van der Waals surface area contributed by atoms with E-state index in [4.69, 9.17) is 16.6 Å². The molecule has 1 aromatic heterocycles. The Labute approximate surface area is 112 Å². The number of hydrogen-bond acceptors (Lipinski definition) is 2. The predicted molar refractivity (Wildman–Crippen MR) is 75.0 cm³/mol. The van der Waals surface area contributed by atoms with E-state index in [0.29, 0.717) is 6.04 Å². The van der Waals surface area contributed by atoms with E-state index in [0.717, 1.165) is 35.0 Å². The normalized spacial score (nSPS) is 20.4. The fraction of sp³-hybridized carbons (Fsp3) is 0.500. The number of aryl methyl sites for hydroxylation is 1. The minimum absolute atomic E-state index is 0.393. The van der Waals surface area contributed by atoms with Crippen molar-refractivity contribution in [1.82, 2.24) is 14.9 Å². The van der Waals surface area contributed by atoms with Crippen LogP contribution in [-0.4, -0.2) is 16.1 Å². The van der Waals surface area contributed by atoms with Crippen LogP contribution in [0.15, 0.2) is 18.2 Å². The van der Waals surface area contributed by atoms with Crippen molar-refractivity contribution in [3.05, 3.63) is 29.0 Å². The molecule has 2 heterocycles. The number of hydrogen-bond donors (Lipinski definition) is 1. The molecule has 2 aromatic rings. The van der Waals surface area contributed by atoms with Crippen molar-refractivity contribution in [2.75, 3.05) is 6.54 Å². The van der Waals surface area contributed by atoms with E-state index in [1.165, 1.54) is 19.3 Å². The highest BCUT2D eigenvalue weighted by Crippen LogP contribution is 2.27. The molecule has 1 aliphatic heterocycles. The summed E-state index contributed by atoms with van der Waals surface area (Å²) >= 11 is 6.09.